The van der Waals surface area contributed by atoms with Gasteiger partial charge in [-0.3, -0.25) is 4.79 Å². The third-order valence-electron chi connectivity index (χ3n) is 4.70. The highest BCUT2D eigenvalue weighted by molar-refractivity contribution is 5.96. The van der Waals surface area contributed by atoms with Crippen molar-refractivity contribution in [2.45, 2.75) is 12.3 Å². The maximum atomic E-state index is 13.1. The summed E-state index contributed by atoms with van der Waals surface area (Å²) in [5.74, 6) is 1.30. The van der Waals surface area contributed by atoms with E-state index < -0.39 is 0 Å². The van der Waals surface area contributed by atoms with E-state index in [-0.39, 0.29) is 24.1 Å². The molecule has 4 rings (SSSR count). The van der Waals surface area contributed by atoms with Crippen molar-refractivity contribution in [1.82, 2.24) is 10.1 Å². The van der Waals surface area contributed by atoms with E-state index in [1.807, 2.05) is 0 Å². The van der Waals surface area contributed by atoms with Crippen molar-refractivity contribution < 1.29 is 23.2 Å². The number of nitrogens with zero attached hydrogens (tertiary/aromatic N) is 3. The molecule has 2 heterocycles. The highest BCUT2D eigenvalue weighted by atomic mass is 19.1. The van der Waals surface area contributed by atoms with Crippen molar-refractivity contribution in [2.75, 3.05) is 25.7 Å². The molecule has 1 aromatic heterocycles. The van der Waals surface area contributed by atoms with Crippen molar-refractivity contribution >= 4 is 11.6 Å². The van der Waals surface area contributed by atoms with Crippen molar-refractivity contribution in [3.8, 4) is 22.9 Å². The maximum Gasteiger partial charge on any atom is 0.232 e. The van der Waals surface area contributed by atoms with Gasteiger partial charge in [0.05, 0.1) is 20.1 Å². The summed E-state index contributed by atoms with van der Waals surface area (Å²) in [4.78, 5) is 18.6. The highest BCUT2D eigenvalue weighted by Gasteiger charge is 2.35. The first-order valence-corrected chi connectivity index (χ1v) is 8.71. The number of aromatic nitrogens is 2. The predicted octanol–water partition coefficient (Wildman–Crippen LogP) is 3.41. The minimum atomic E-state index is -0.334. The van der Waals surface area contributed by atoms with E-state index in [1.54, 1.807) is 49.5 Å². The summed E-state index contributed by atoms with van der Waals surface area (Å²) < 4.78 is 29.0. The normalized spacial score (nSPS) is 16.5. The van der Waals surface area contributed by atoms with Gasteiger partial charge in [0.25, 0.3) is 0 Å². The first kappa shape index (κ1) is 18.0. The van der Waals surface area contributed by atoms with Crippen molar-refractivity contribution in [2.24, 2.45) is 0 Å². The topological polar surface area (TPSA) is 77.7 Å². The molecule has 28 heavy (non-hydrogen) atoms. The maximum absolute atomic E-state index is 13.1. The Balaban J connectivity index is 1.55. The first-order valence-electron chi connectivity index (χ1n) is 8.71. The summed E-state index contributed by atoms with van der Waals surface area (Å²) >= 11 is 0. The second-order valence-electron chi connectivity index (χ2n) is 6.41. The van der Waals surface area contributed by atoms with Crippen LogP contribution in [0.5, 0.6) is 11.5 Å². The Morgan fingerprint density at radius 1 is 1.11 bits per heavy atom. The van der Waals surface area contributed by atoms with E-state index in [1.165, 1.54) is 12.1 Å². The lowest BCUT2D eigenvalue weighted by atomic mass is 10.1. The van der Waals surface area contributed by atoms with Crippen molar-refractivity contribution in [1.29, 1.82) is 0 Å². The molecule has 1 saturated heterocycles. The monoisotopic (exact) mass is 383 g/mol. The summed E-state index contributed by atoms with van der Waals surface area (Å²) in [5, 5.41) is 3.96. The van der Waals surface area contributed by atoms with Gasteiger partial charge in [-0.2, -0.15) is 4.98 Å². The first-order chi connectivity index (χ1) is 13.6. The number of anilines is 1. The summed E-state index contributed by atoms with van der Waals surface area (Å²) in [7, 11) is 3.11. The zero-order chi connectivity index (χ0) is 19.7. The van der Waals surface area contributed by atoms with Crippen LogP contribution >= 0.6 is 0 Å². The molecule has 0 spiro atoms. The summed E-state index contributed by atoms with van der Waals surface area (Å²) in [5.41, 5.74) is 1.36. The zero-order valence-electron chi connectivity index (χ0n) is 15.4. The Kier molecular flexibility index (Phi) is 4.68. The molecule has 1 fully saturated rings. The van der Waals surface area contributed by atoms with Crippen LogP contribution in [0.1, 0.15) is 18.2 Å². The minimum absolute atomic E-state index is 0.0428. The molecule has 1 amide bonds. The van der Waals surface area contributed by atoms with E-state index in [4.69, 9.17) is 14.0 Å². The SMILES string of the molecule is COc1ccc(N2CC(c3nc(-c4ccc(F)cc4)no3)CC2=O)cc1OC. The van der Waals surface area contributed by atoms with Gasteiger partial charge in [0.2, 0.25) is 17.6 Å². The van der Waals surface area contributed by atoms with E-state index in [9.17, 15) is 9.18 Å². The lowest BCUT2D eigenvalue weighted by Gasteiger charge is -2.18. The second-order valence-corrected chi connectivity index (χ2v) is 6.41. The molecule has 2 aromatic carbocycles. The molecule has 0 aliphatic carbocycles. The van der Waals surface area contributed by atoms with Gasteiger partial charge in [0.1, 0.15) is 5.82 Å². The van der Waals surface area contributed by atoms with Gasteiger partial charge in [0, 0.05) is 30.3 Å². The van der Waals surface area contributed by atoms with Gasteiger partial charge in [0.15, 0.2) is 11.5 Å². The Bertz CT molecular complexity index is 1000. The van der Waals surface area contributed by atoms with Crippen LogP contribution in [0, 0.1) is 5.82 Å². The average Bonchev–Trinajstić information content (AvgIpc) is 3.35. The van der Waals surface area contributed by atoms with Gasteiger partial charge >= 0.3 is 0 Å². The lowest BCUT2D eigenvalue weighted by molar-refractivity contribution is -0.117. The van der Waals surface area contributed by atoms with Gasteiger partial charge in [-0.05, 0) is 36.4 Å². The van der Waals surface area contributed by atoms with Crippen LogP contribution in [-0.4, -0.2) is 36.8 Å². The molecule has 0 bridgehead atoms. The van der Waals surface area contributed by atoms with Gasteiger partial charge in [-0.15, -0.1) is 0 Å². The number of hydrogen-bond donors (Lipinski definition) is 0. The lowest BCUT2D eigenvalue weighted by Crippen LogP contribution is -2.24. The van der Waals surface area contributed by atoms with Crippen LogP contribution in [0.15, 0.2) is 47.0 Å². The van der Waals surface area contributed by atoms with Crippen LogP contribution in [0.2, 0.25) is 0 Å². The Labute approximate surface area is 160 Å². The third kappa shape index (κ3) is 3.28. The third-order valence-corrected chi connectivity index (χ3v) is 4.70. The molecular weight excluding hydrogens is 365 g/mol. The van der Waals surface area contributed by atoms with Crippen molar-refractivity contribution in [3.63, 3.8) is 0 Å². The van der Waals surface area contributed by atoms with E-state index in [2.05, 4.69) is 10.1 Å². The Morgan fingerprint density at radius 3 is 2.57 bits per heavy atom. The van der Waals surface area contributed by atoms with Gasteiger partial charge in [-0.25, -0.2) is 4.39 Å². The molecule has 8 heteroatoms. The standard InChI is InChI=1S/C20H18FN3O4/c1-26-16-8-7-15(10-17(16)27-2)24-11-13(9-18(24)25)20-22-19(23-28-20)12-3-5-14(21)6-4-12/h3-8,10,13H,9,11H2,1-2H3. The molecule has 0 radical (unpaired) electrons. The quantitative estimate of drug-likeness (QED) is 0.672. The number of hydrogen-bond acceptors (Lipinski definition) is 6. The van der Waals surface area contributed by atoms with Crippen LogP contribution in [0.25, 0.3) is 11.4 Å². The number of rotatable bonds is 5. The highest BCUT2D eigenvalue weighted by Crippen LogP contribution is 2.36. The van der Waals surface area contributed by atoms with Crippen LogP contribution in [-0.2, 0) is 4.79 Å². The Hall–Kier alpha value is -3.42. The zero-order valence-corrected chi connectivity index (χ0v) is 15.4. The molecule has 1 atom stereocenters. The molecule has 7 nitrogen and oxygen atoms in total. The summed E-state index contributed by atoms with van der Waals surface area (Å²) in [6.07, 6.45) is 0.263. The number of methoxy groups -OCH3 is 2. The molecule has 0 saturated carbocycles. The number of carbonyl (C=O) groups excluding carboxylic acids is 1. The van der Waals surface area contributed by atoms with Gasteiger partial charge in [-0.1, -0.05) is 5.16 Å². The number of ether oxygens (including phenoxy) is 2. The van der Waals surface area contributed by atoms with E-state index in [0.29, 0.717) is 41.0 Å². The second kappa shape index (κ2) is 7.30. The molecule has 3 aromatic rings. The molecule has 1 aliphatic heterocycles. The fraction of sp³-hybridized carbons (Fsp3) is 0.250. The summed E-state index contributed by atoms with van der Waals surface area (Å²) in [6, 6.07) is 11.2. The fourth-order valence-electron chi connectivity index (χ4n) is 3.23. The average molecular weight is 383 g/mol. The van der Waals surface area contributed by atoms with Gasteiger partial charge < -0.3 is 18.9 Å². The number of halogens is 1. The minimum Gasteiger partial charge on any atom is -0.493 e. The molecule has 1 unspecified atom stereocenters. The van der Waals surface area contributed by atoms with E-state index in [0.717, 1.165) is 0 Å². The number of benzene rings is 2. The van der Waals surface area contributed by atoms with Crippen LogP contribution in [0.3, 0.4) is 0 Å². The van der Waals surface area contributed by atoms with Crippen LogP contribution in [0.4, 0.5) is 10.1 Å². The number of amides is 1. The number of carbonyl (C=O) groups is 1. The van der Waals surface area contributed by atoms with E-state index >= 15 is 0 Å². The molecule has 144 valence electrons. The van der Waals surface area contributed by atoms with Crippen LogP contribution < -0.4 is 14.4 Å². The fourth-order valence-corrected chi connectivity index (χ4v) is 3.23. The van der Waals surface area contributed by atoms with Crippen molar-refractivity contribution in [3.05, 3.63) is 54.2 Å². The predicted molar refractivity (Wildman–Crippen MR) is 98.9 cm³/mol. The summed E-state index contributed by atoms with van der Waals surface area (Å²) in [6.45, 7) is 0.416. The molecule has 1 aliphatic rings. The smallest absolute Gasteiger partial charge is 0.232 e. The Morgan fingerprint density at radius 2 is 1.86 bits per heavy atom. The molecular formula is C20H18FN3O4. The molecule has 0 N–H and O–H groups in total. The largest absolute Gasteiger partial charge is 0.493 e.